The molecule has 23 heavy (non-hydrogen) atoms. The second-order valence-electron chi connectivity index (χ2n) is 4.86. The van der Waals surface area contributed by atoms with Crippen LogP contribution in [0, 0.1) is 0 Å². The van der Waals surface area contributed by atoms with Crippen molar-refractivity contribution in [3.05, 3.63) is 79.9 Å². The zero-order valence-corrected chi connectivity index (χ0v) is 14.6. The highest BCUT2D eigenvalue weighted by Gasteiger charge is 2.10. The molecule has 0 fully saturated rings. The summed E-state index contributed by atoms with van der Waals surface area (Å²) in [4.78, 5) is 27.5. The summed E-state index contributed by atoms with van der Waals surface area (Å²) in [5.74, 6) is 0. The van der Waals surface area contributed by atoms with E-state index in [-0.39, 0.29) is 0 Å². The highest BCUT2D eigenvalue weighted by molar-refractivity contribution is 9.10. The number of thioether (sulfide) groups is 1. The van der Waals surface area contributed by atoms with E-state index in [0.717, 1.165) is 14.9 Å². The van der Waals surface area contributed by atoms with Gasteiger partial charge in [-0.2, -0.15) is 0 Å². The standard InChI is InChI=1S/C17H13BrN2O2S/c1-23-14-8-2-11(3-9-14)15-10-16(21)19-17(22)20(15)13-6-4-12(18)5-7-13/h2-10H,1H3,(H,19,21,22). The van der Waals surface area contributed by atoms with Crippen molar-refractivity contribution in [1.82, 2.24) is 9.55 Å². The molecule has 0 atom stereocenters. The molecule has 0 aliphatic carbocycles. The molecule has 2 aromatic carbocycles. The van der Waals surface area contributed by atoms with E-state index in [2.05, 4.69) is 20.9 Å². The molecule has 0 unspecified atom stereocenters. The summed E-state index contributed by atoms with van der Waals surface area (Å²) in [5.41, 5.74) is 1.21. The molecule has 1 N–H and O–H groups in total. The van der Waals surface area contributed by atoms with E-state index in [1.807, 2.05) is 54.8 Å². The summed E-state index contributed by atoms with van der Waals surface area (Å²) < 4.78 is 2.42. The normalized spacial score (nSPS) is 10.7. The average Bonchev–Trinajstić information content (AvgIpc) is 2.55. The zero-order valence-electron chi connectivity index (χ0n) is 12.2. The van der Waals surface area contributed by atoms with E-state index in [9.17, 15) is 9.59 Å². The first kappa shape index (κ1) is 15.8. The van der Waals surface area contributed by atoms with E-state index in [1.165, 1.54) is 10.6 Å². The van der Waals surface area contributed by atoms with Crippen molar-refractivity contribution in [2.75, 3.05) is 6.26 Å². The highest BCUT2D eigenvalue weighted by Crippen LogP contribution is 2.24. The number of halogens is 1. The molecule has 116 valence electrons. The van der Waals surface area contributed by atoms with E-state index in [0.29, 0.717) is 11.4 Å². The first-order valence-corrected chi connectivity index (χ1v) is 8.87. The predicted molar refractivity (Wildman–Crippen MR) is 97.6 cm³/mol. The first-order chi connectivity index (χ1) is 11.1. The SMILES string of the molecule is CSc1ccc(-c2cc(=O)[nH]c(=O)n2-c2ccc(Br)cc2)cc1. The molecule has 3 aromatic rings. The molecule has 0 saturated heterocycles. The van der Waals surface area contributed by atoms with Gasteiger partial charge in [0.15, 0.2) is 0 Å². The Morgan fingerprint density at radius 1 is 1.00 bits per heavy atom. The summed E-state index contributed by atoms with van der Waals surface area (Å²) >= 11 is 5.02. The van der Waals surface area contributed by atoms with Crippen molar-refractivity contribution < 1.29 is 0 Å². The minimum atomic E-state index is -0.455. The van der Waals surface area contributed by atoms with Gasteiger partial charge in [-0.15, -0.1) is 11.8 Å². The Bertz CT molecular complexity index is 944. The number of nitrogens with zero attached hydrogens (tertiary/aromatic N) is 1. The maximum absolute atomic E-state index is 12.3. The molecule has 1 aromatic heterocycles. The summed E-state index contributed by atoms with van der Waals surface area (Å²) in [6.45, 7) is 0. The number of hydrogen-bond donors (Lipinski definition) is 1. The van der Waals surface area contributed by atoms with Gasteiger partial charge in [0.25, 0.3) is 5.56 Å². The lowest BCUT2D eigenvalue weighted by atomic mass is 10.1. The van der Waals surface area contributed by atoms with Gasteiger partial charge in [-0.05, 0) is 48.2 Å². The fourth-order valence-electron chi connectivity index (χ4n) is 2.32. The van der Waals surface area contributed by atoms with Crippen LogP contribution in [0.15, 0.2) is 73.6 Å². The van der Waals surface area contributed by atoms with Gasteiger partial charge >= 0.3 is 5.69 Å². The van der Waals surface area contributed by atoms with Gasteiger partial charge in [0.1, 0.15) is 0 Å². The van der Waals surface area contributed by atoms with E-state index < -0.39 is 11.2 Å². The molecule has 0 spiro atoms. The number of H-pyrrole nitrogens is 1. The largest absolute Gasteiger partial charge is 0.333 e. The Hall–Kier alpha value is -2.05. The molecule has 0 amide bonds. The maximum atomic E-state index is 12.3. The van der Waals surface area contributed by atoms with Crippen LogP contribution in [-0.2, 0) is 0 Å². The number of aromatic amines is 1. The predicted octanol–water partition coefficient (Wildman–Crippen LogP) is 3.68. The summed E-state index contributed by atoms with van der Waals surface area (Å²) in [6.07, 6.45) is 2.00. The van der Waals surface area contributed by atoms with Gasteiger partial charge in [0.05, 0.1) is 11.4 Å². The summed E-state index contributed by atoms with van der Waals surface area (Å²) in [6, 6.07) is 16.6. The van der Waals surface area contributed by atoms with Gasteiger partial charge < -0.3 is 0 Å². The third kappa shape index (κ3) is 3.33. The van der Waals surface area contributed by atoms with Crippen molar-refractivity contribution in [2.24, 2.45) is 0 Å². The first-order valence-electron chi connectivity index (χ1n) is 6.85. The van der Waals surface area contributed by atoms with E-state index >= 15 is 0 Å². The topological polar surface area (TPSA) is 54.9 Å². The molecule has 0 aliphatic heterocycles. The molecule has 0 aliphatic rings. The fraction of sp³-hybridized carbons (Fsp3) is 0.0588. The maximum Gasteiger partial charge on any atom is 0.333 e. The lowest BCUT2D eigenvalue weighted by Crippen LogP contribution is -2.29. The second kappa shape index (κ2) is 6.60. The number of nitrogens with one attached hydrogen (secondary N) is 1. The Kier molecular flexibility index (Phi) is 4.54. The Balaban J connectivity index is 2.24. The van der Waals surface area contributed by atoms with Crippen molar-refractivity contribution in [1.29, 1.82) is 0 Å². The fourth-order valence-corrected chi connectivity index (χ4v) is 2.99. The average molecular weight is 389 g/mol. The van der Waals surface area contributed by atoms with Crippen molar-refractivity contribution >= 4 is 27.7 Å². The molecule has 0 bridgehead atoms. The Labute approximate surface area is 145 Å². The molecule has 4 nitrogen and oxygen atoms in total. The minimum absolute atomic E-state index is 0.410. The van der Waals surface area contributed by atoms with Crippen LogP contribution in [0.5, 0.6) is 0 Å². The lowest BCUT2D eigenvalue weighted by molar-refractivity contribution is 0.904. The minimum Gasteiger partial charge on any atom is -0.274 e. The van der Waals surface area contributed by atoms with Crippen LogP contribution in [0.3, 0.4) is 0 Å². The highest BCUT2D eigenvalue weighted by atomic mass is 79.9. The smallest absolute Gasteiger partial charge is 0.274 e. The molecular weight excluding hydrogens is 376 g/mol. The van der Waals surface area contributed by atoms with Gasteiger partial charge in [-0.1, -0.05) is 28.1 Å². The zero-order chi connectivity index (χ0) is 16.4. The number of benzene rings is 2. The number of hydrogen-bond acceptors (Lipinski definition) is 3. The third-order valence-corrected chi connectivity index (χ3v) is 4.68. The van der Waals surface area contributed by atoms with Crippen molar-refractivity contribution in [2.45, 2.75) is 4.90 Å². The Morgan fingerprint density at radius 2 is 1.65 bits per heavy atom. The molecule has 0 saturated carbocycles. The Morgan fingerprint density at radius 3 is 2.26 bits per heavy atom. The van der Waals surface area contributed by atoms with Gasteiger partial charge in [0, 0.05) is 15.4 Å². The van der Waals surface area contributed by atoms with Crippen LogP contribution in [0.25, 0.3) is 16.9 Å². The van der Waals surface area contributed by atoms with Crippen LogP contribution in [-0.4, -0.2) is 15.8 Å². The van der Waals surface area contributed by atoms with Crippen molar-refractivity contribution in [3.8, 4) is 16.9 Å². The van der Waals surface area contributed by atoms with Gasteiger partial charge in [-0.25, -0.2) is 4.79 Å². The third-order valence-electron chi connectivity index (χ3n) is 3.41. The lowest BCUT2D eigenvalue weighted by Gasteiger charge is -2.12. The molecule has 1 heterocycles. The van der Waals surface area contributed by atoms with Crippen molar-refractivity contribution in [3.63, 3.8) is 0 Å². The van der Waals surface area contributed by atoms with Gasteiger partial charge in [0.2, 0.25) is 0 Å². The van der Waals surface area contributed by atoms with Crippen LogP contribution < -0.4 is 11.2 Å². The second-order valence-corrected chi connectivity index (χ2v) is 6.66. The monoisotopic (exact) mass is 388 g/mol. The van der Waals surface area contributed by atoms with Crippen LogP contribution in [0.4, 0.5) is 0 Å². The molecular formula is C17H13BrN2O2S. The summed E-state index contributed by atoms with van der Waals surface area (Å²) in [5, 5.41) is 0. The summed E-state index contributed by atoms with van der Waals surface area (Å²) in [7, 11) is 0. The van der Waals surface area contributed by atoms with Crippen LogP contribution in [0.2, 0.25) is 0 Å². The van der Waals surface area contributed by atoms with Crippen LogP contribution >= 0.6 is 27.7 Å². The molecule has 3 rings (SSSR count). The number of rotatable bonds is 3. The number of aromatic nitrogens is 2. The molecule has 6 heteroatoms. The van der Waals surface area contributed by atoms with Crippen LogP contribution in [0.1, 0.15) is 0 Å². The van der Waals surface area contributed by atoms with Gasteiger partial charge in [-0.3, -0.25) is 14.3 Å². The van der Waals surface area contributed by atoms with E-state index in [1.54, 1.807) is 11.8 Å². The quantitative estimate of drug-likeness (QED) is 0.696. The molecule has 0 radical (unpaired) electrons. The van der Waals surface area contributed by atoms with E-state index in [4.69, 9.17) is 0 Å².